The highest BCUT2D eigenvalue weighted by Crippen LogP contribution is 2.48. The molecule has 0 amide bonds. The summed E-state index contributed by atoms with van der Waals surface area (Å²) in [6.07, 6.45) is 1.35. The molecule has 1 saturated carbocycles. The van der Waals surface area contributed by atoms with Crippen LogP contribution in [0.1, 0.15) is 72.9 Å². The van der Waals surface area contributed by atoms with Crippen LogP contribution in [0, 0.1) is 6.92 Å². The number of aryl methyl sites for hydroxylation is 1. The molecule has 0 radical (unpaired) electrons. The van der Waals surface area contributed by atoms with Gasteiger partial charge in [0.1, 0.15) is 0 Å². The Morgan fingerprint density at radius 3 is 2.47 bits per heavy atom. The van der Waals surface area contributed by atoms with E-state index in [1.54, 1.807) is 0 Å². The number of hydrogen-bond donors (Lipinski definition) is 0. The molecule has 0 aliphatic heterocycles. The molecule has 0 saturated heterocycles. The van der Waals surface area contributed by atoms with Crippen LogP contribution < -0.4 is 0 Å². The number of halogens is 2. The average molecular weight is 454 g/mol. The topological polar surface area (TPSA) is 12.9 Å². The van der Waals surface area contributed by atoms with Crippen LogP contribution in [0.15, 0.2) is 60.7 Å². The van der Waals surface area contributed by atoms with E-state index in [1.165, 1.54) is 33.4 Å². The van der Waals surface area contributed by atoms with Gasteiger partial charge in [-0.3, -0.25) is 4.98 Å². The zero-order valence-electron chi connectivity index (χ0n) is 20.0. The van der Waals surface area contributed by atoms with Crippen LogP contribution in [0.4, 0.5) is 8.78 Å². The number of pyridine rings is 1. The molecule has 2 aliphatic carbocycles. The van der Waals surface area contributed by atoms with Crippen LogP contribution >= 0.6 is 0 Å². The second-order valence-electron chi connectivity index (χ2n) is 10.5. The van der Waals surface area contributed by atoms with Crippen molar-refractivity contribution in [2.45, 2.75) is 64.2 Å². The summed E-state index contributed by atoms with van der Waals surface area (Å²) in [5, 5.41) is 2.16. The molecule has 6 rings (SSSR count). The number of rotatable bonds is 3. The molecule has 34 heavy (non-hydrogen) atoms. The van der Waals surface area contributed by atoms with E-state index < -0.39 is 5.92 Å². The van der Waals surface area contributed by atoms with Gasteiger partial charge in [0, 0.05) is 29.5 Å². The first kappa shape index (κ1) is 21.5. The third-order valence-electron chi connectivity index (χ3n) is 7.69. The van der Waals surface area contributed by atoms with Gasteiger partial charge in [0.2, 0.25) is 5.92 Å². The standard InChI is InChI=1S/C31H29F2N/c1-18(2)29-16-27-23(21-11-12-31(32,33)17-21)9-6-10-24(27)30(34-29)28-14-19(3)13-25-22-8-5-4-7-20(22)15-26(25)28/h4-10,13-14,16,18,21H,11-12,15,17H2,1-3H3. The van der Waals surface area contributed by atoms with Gasteiger partial charge in [-0.1, -0.05) is 62.4 Å². The predicted octanol–water partition coefficient (Wildman–Crippen LogP) is 8.81. The summed E-state index contributed by atoms with van der Waals surface area (Å²) in [5.41, 5.74) is 10.7. The van der Waals surface area contributed by atoms with Crippen LogP contribution in [0.3, 0.4) is 0 Å². The minimum absolute atomic E-state index is 0.0212. The van der Waals surface area contributed by atoms with Gasteiger partial charge in [-0.15, -0.1) is 0 Å². The normalized spacial score (nSPS) is 18.5. The van der Waals surface area contributed by atoms with E-state index in [2.05, 4.69) is 75.4 Å². The molecule has 2 aliphatic rings. The molecular formula is C31H29F2N. The van der Waals surface area contributed by atoms with Crippen molar-refractivity contribution in [3.63, 3.8) is 0 Å². The summed E-state index contributed by atoms with van der Waals surface area (Å²) in [7, 11) is 0. The molecule has 0 spiro atoms. The Kier molecular flexibility index (Phi) is 4.88. The third kappa shape index (κ3) is 3.45. The van der Waals surface area contributed by atoms with Crippen molar-refractivity contribution in [3.8, 4) is 22.4 Å². The van der Waals surface area contributed by atoms with E-state index in [0.29, 0.717) is 6.42 Å². The molecule has 1 nitrogen and oxygen atoms in total. The first-order valence-corrected chi connectivity index (χ1v) is 12.3. The van der Waals surface area contributed by atoms with Gasteiger partial charge >= 0.3 is 0 Å². The molecule has 1 atom stereocenters. The maximum atomic E-state index is 14.1. The average Bonchev–Trinajstić information content (AvgIpc) is 3.37. The number of benzene rings is 3. The van der Waals surface area contributed by atoms with E-state index >= 15 is 0 Å². The second-order valence-corrected chi connectivity index (χ2v) is 10.5. The molecule has 4 aromatic rings. The smallest absolute Gasteiger partial charge is 0.248 e. The zero-order valence-corrected chi connectivity index (χ0v) is 20.0. The summed E-state index contributed by atoms with van der Waals surface area (Å²) in [6.45, 7) is 6.45. The number of nitrogens with zero attached hydrogens (tertiary/aromatic N) is 1. The lowest BCUT2D eigenvalue weighted by Crippen LogP contribution is -2.09. The first-order chi connectivity index (χ1) is 16.3. The van der Waals surface area contributed by atoms with E-state index in [1.807, 2.05) is 6.07 Å². The Bertz CT molecular complexity index is 1430. The summed E-state index contributed by atoms with van der Waals surface area (Å²) in [6, 6.07) is 21.5. The number of alkyl halides is 2. The Balaban J connectivity index is 1.61. The Hall–Kier alpha value is -3.07. The van der Waals surface area contributed by atoms with Crippen molar-refractivity contribution in [1.82, 2.24) is 4.98 Å². The van der Waals surface area contributed by atoms with Crippen LogP contribution in [-0.4, -0.2) is 10.9 Å². The molecule has 1 heterocycles. The van der Waals surface area contributed by atoms with Crippen molar-refractivity contribution in [2.24, 2.45) is 0 Å². The van der Waals surface area contributed by atoms with Crippen molar-refractivity contribution < 1.29 is 8.78 Å². The van der Waals surface area contributed by atoms with Crippen LogP contribution in [0.2, 0.25) is 0 Å². The summed E-state index contributed by atoms with van der Waals surface area (Å²) < 4.78 is 28.3. The van der Waals surface area contributed by atoms with Crippen molar-refractivity contribution in [2.75, 3.05) is 0 Å². The Labute approximate surface area is 199 Å². The van der Waals surface area contributed by atoms with Crippen LogP contribution in [0.5, 0.6) is 0 Å². The largest absolute Gasteiger partial charge is 0.252 e. The molecule has 3 heteroatoms. The van der Waals surface area contributed by atoms with Crippen LogP contribution in [0.25, 0.3) is 33.2 Å². The first-order valence-electron chi connectivity index (χ1n) is 12.3. The lowest BCUT2D eigenvalue weighted by atomic mass is 9.88. The lowest BCUT2D eigenvalue weighted by molar-refractivity contribution is 0.00780. The Morgan fingerprint density at radius 1 is 0.912 bits per heavy atom. The summed E-state index contributed by atoms with van der Waals surface area (Å²) in [5.74, 6) is -2.43. The van der Waals surface area contributed by atoms with E-state index in [9.17, 15) is 8.78 Å². The van der Waals surface area contributed by atoms with Gasteiger partial charge in [-0.05, 0) is 82.5 Å². The Morgan fingerprint density at radius 2 is 1.71 bits per heavy atom. The highest BCUT2D eigenvalue weighted by Gasteiger charge is 2.40. The number of fused-ring (bicyclic) bond motifs is 4. The molecular weight excluding hydrogens is 424 g/mol. The number of hydrogen-bond acceptors (Lipinski definition) is 1. The van der Waals surface area contributed by atoms with Crippen molar-refractivity contribution in [1.29, 1.82) is 0 Å². The van der Waals surface area contributed by atoms with Gasteiger partial charge in [-0.25, -0.2) is 8.78 Å². The molecule has 0 bridgehead atoms. The fraction of sp³-hybridized carbons (Fsp3) is 0.323. The minimum Gasteiger partial charge on any atom is -0.252 e. The third-order valence-corrected chi connectivity index (χ3v) is 7.69. The maximum Gasteiger partial charge on any atom is 0.248 e. The van der Waals surface area contributed by atoms with Gasteiger partial charge < -0.3 is 0 Å². The van der Waals surface area contributed by atoms with E-state index in [4.69, 9.17) is 4.98 Å². The molecule has 0 N–H and O–H groups in total. The minimum atomic E-state index is -2.56. The van der Waals surface area contributed by atoms with Gasteiger partial charge in [0.15, 0.2) is 0 Å². The summed E-state index contributed by atoms with van der Waals surface area (Å²) in [4.78, 5) is 5.20. The van der Waals surface area contributed by atoms with Crippen LogP contribution in [-0.2, 0) is 6.42 Å². The maximum absolute atomic E-state index is 14.1. The molecule has 3 aromatic carbocycles. The van der Waals surface area contributed by atoms with E-state index in [-0.39, 0.29) is 24.7 Å². The molecule has 1 unspecified atom stereocenters. The van der Waals surface area contributed by atoms with Crippen molar-refractivity contribution in [3.05, 3.63) is 88.6 Å². The fourth-order valence-corrected chi connectivity index (χ4v) is 5.98. The fourth-order valence-electron chi connectivity index (χ4n) is 5.98. The SMILES string of the molecule is Cc1cc2c(c(-c3nc(C(C)C)cc4c(C5CCC(F)(F)C5)cccc34)c1)Cc1ccccc1-2. The predicted molar refractivity (Wildman–Crippen MR) is 136 cm³/mol. The summed E-state index contributed by atoms with van der Waals surface area (Å²) >= 11 is 0. The van der Waals surface area contributed by atoms with Gasteiger partial charge in [0.25, 0.3) is 0 Å². The highest BCUT2D eigenvalue weighted by atomic mass is 19.3. The zero-order chi connectivity index (χ0) is 23.6. The van der Waals surface area contributed by atoms with Gasteiger partial charge in [-0.2, -0.15) is 0 Å². The molecule has 1 fully saturated rings. The van der Waals surface area contributed by atoms with E-state index in [0.717, 1.165) is 34.1 Å². The quantitative estimate of drug-likeness (QED) is 0.266. The lowest BCUT2D eigenvalue weighted by Gasteiger charge is -2.19. The highest BCUT2D eigenvalue weighted by molar-refractivity contribution is 5.99. The molecule has 1 aromatic heterocycles. The number of aromatic nitrogens is 1. The monoisotopic (exact) mass is 453 g/mol. The molecule has 172 valence electrons. The second kappa shape index (κ2) is 7.73. The van der Waals surface area contributed by atoms with Gasteiger partial charge in [0.05, 0.1) is 5.69 Å². The van der Waals surface area contributed by atoms with Crippen molar-refractivity contribution >= 4 is 10.8 Å².